The number of nitrogens with one attached hydrogen (secondary N) is 2. The van der Waals surface area contributed by atoms with Crippen LogP contribution in [0.5, 0.6) is 0 Å². The first-order valence-electron chi connectivity index (χ1n) is 11.1. The van der Waals surface area contributed by atoms with Crippen LogP contribution < -0.4 is 10.6 Å². The average Bonchev–Trinajstić information content (AvgIpc) is 2.82. The van der Waals surface area contributed by atoms with Crippen LogP contribution in [-0.4, -0.2) is 58.7 Å². The van der Waals surface area contributed by atoms with Crippen LogP contribution in [0.4, 0.5) is 0 Å². The number of piperidine rings is 2. The Hall–Kier alpha value is -3.52. The monoisotopic (exact) mass is 449 g/mol. The largest absolute Gasteiger partial charge is 0.480 e. The van der Waals surface area contributed by atoms with Gasteiger partial charge in [0.15, 0.2) is 11.7 Å². The topological polar surface area (TPSA) is 116 Å². The molecule has 2 aromatic carbocycles. The smallest absolute Gasteiger partial charge is 0.322 e. The SMILES string of the molecule is O=C(O)CNC(=O)C1C(=O)CC2(CCNCC2)N(Cc2ccc(-c3ccccc3)cc2)C1=O. The molecule has 2 saturated heterocycles. The first-order valence-corrected chi connectivity index (χ1v) is 11.1. The van der Waals surface area contributed by atoms with E-state index in [1.807, 2.05) is 54.6 Å². The molecule has 0 aliphatic carbocycles. The van der Waals surface area contributed by atoms with E-state index < -0.39 is 41.6 Å². The van der Waals surface area contributed by atoms with Crippen molar-refractivity contribution < 1.29 is 24.3 Å². The molecule has 2 aliphatic heterocycles. The predicted molar refractivity (Wildman–Crippen MR) is 121 cm³/mol. The number of carbonyl (C=O) groups is 4. The number of likely N-dealkylation sites (tertiary alicyclic amines) is 1. The number of aliphatic carboxylic acids is 1. The van der Waals surface area contributed by atoms with Gasteiger partial charge in [0.05, 0.1) is 5.54 Å². The van der Waals surface area contributed by atoms with E-state index in [0.717, 1.165) is 16.7 Å². The summed E-state index contributed by atoms with van der Waals surface area (Å²) >= 11 is 0. The summed E-state index contributed by atoms with van der Waals surface area (Å²) < 4.78 is 0. The van der Waals surface area contributed by atoms with Crippen LogP contribution in [-0.2, 0) is 25.7 Å². The van der Waals surface area contributed by atoms with E-state index in [2.05, 4.69) is 10.6 Å². The minimum absolute atomic E-state index is 0.0909. The van der Waals surface area contributed by atoms with Gasteiger partial charge >= 0.3 is 5.97 Å². The number of rotatable bonds is 6. The average molecular weight is 450 g/mol. The highest BCUT2D eigenvalue weighted by Gasteiger charge is 2.52. The van der Waals surface area contributed by atoms with Gasteiger partial charge in [-0.3, -0.25) is 19.2 Å². The summed E-state index contributed by atoms with van der Waals surface area (Å²) in [7, 11) is 0. The van der Waals surface area contributed by atoms with Crippen LogP contribution in [0, 0.1) is 5.92 Å². The molecule has 2 aromatic rings. The van der Waals surface area contributed by atoms with Crippen molar-refractivity contribution in [2.24, 2.45) is 5.92 Å². The van der Waals surface area contributed by atoms with E-state index in [-0.39, 0.29) is 13.0 Å². The molecule has 3 N–H and O–H groups in total. The number of hydrogen-bond acceptors (Lipinski definition) is 5. The van der Waals surface area contributed by atoms with E-state index in [4.69, 9.17) is 5.11 Å². The first kappa shape index (κ1) is 22.7. The Bertz CT molecular complexity index is 1050. The molecule has 8 heteroatoms. The third-order valence-electron chi connectivity index (χ3n) is 6.52. The maximum absolute atomic E-state index is 13.5. The summed E-state index contributed by atoms with van der Waals surface area (Å²) in [6.07, 6.45) is 1.33. The standard InChI is InChI=1S/C25H27N3O5/c29-20-14-25(10-12-26-13-11-25)28(24(33)22(20)23(32)27-15-21(30)31)16-17-6-8-19(9-7-17)18-4-2-1-3-5-18/h1-9,22,26H,10-16H2,(H,27,32)(H,30,31). The van der Waals surface area contributed by atoms with Crippen LogP contribution in [0.3, 0.4) is 0 Å². The second kappa shape index (κ2) is 9.54. The lowest BCUT2D eigenvalue weighted by molar-refractivity contribution is -0.161. The number of carboxylic acids is 1. The molecule has 0 radical (unpaired) electrons. The van der Waals surface area contributed by atoms with Gasteiger partial charge in [-0.05, 0) is 42.6 Å². The quantitative estimate of drug-likeness (QED) is 0.577. The Morgan fingerprint density at radius 3 is 2.27 bits per heavy atom. The zero-order valence-electron chi connectivity index (χ0n) is 18.3. The number of carboxylic acid groups (broad SMARTS) is 1. The van der Waals surface area contributed by atoms with Crippen molar-refractivity contribution in [3.05, 3.63) is 60.2 Å². The van der Waals surface area contributed by atoms with E-state index in [9.17, 15) is 19.2 Å². The number of nitrogens with zero attached hydrogens (tertiary/aromatic N) is 1. The van der Waals surface area contributed by atoms with Crippen molar-refractivity contribution in [2.75, 3.05) is 19.6 Å². The molecular formula is C25H27N3O5. The molecule has 1 spiro atoms. The van der Waals surface area contributed by atoms with Crippen molar-refractivity contribution in [3.8, 4) is 11.1 Å². The van der Waals surface area contributed by atoms with E-state index in [0.29, 0.717) is 25.9 Å². The fourth-order valence-corrected chi connectivity index (χ4v) is 4.77. The van der Waals surface area contributed by atoms with Crippen molar-refractivity contribution in [1.82, 2.24) is 15.5 Å². The zero-order chi connectivity index (χ0) is 23.4. The highest BCUT2D eigenvalue weighted by Crippen LogP contribution is 2.38. The molecule has 172 valence electrons. The summed E-state index contributed by atoms with van der Waals surface area (Å²) in [5.41, 5.74) is 2.41. The van der Waals surface area contributed by atoms with Crippen molar-refractivity contribution in [3.63, 3.8) is 0 Å². The summed E-state index contributed by atoms with van der Waals surface area (Å²) in [5, 5.41) is 14.3. The second-order valence-corrected chi connectivity index (χ2v) is 8.65. The number of hydrogen-bond donors (Lipinski definition) is 3. The van der Waals surface area contributed by atoms with Crippen molar-refractivity contribution in [1.29, 1.82) is 0 Å². The molecule has 33 heavy (non-hydrogen) atoms. The third-order valence-corrected chi connectivity index (χ3v) is 6.52. The Labute approximate surface area is 192 Å². The Morgan fingerprint density at radius 1 is 1.00 bits per heavy atom. The van der Waals surface area contributed by atoms with Crippen LogP contribution in [0.1, 0.15) is 24.8 Å². The Kier molecular flexibility index (Phi) is 6.55. The summed E-state index contributed by atoms with van der Waals surface area (Å²) in [4.78, 5) is 51.4. The van der Waals surface area contributed by atoms with Gasteiger partial charge in [-0.1, -0.05) is 54.6 Å². The maximum Gasteiger partial charge on any atom is 0.322 e. The number of carbonyl (C=O) groups excluding carboxylic acids is 3. The lowest BCUT2D eigenvalue weighted by Crippen LogP contribution is -2.65. The molecule has 2 aliphatic rings. The van der Waals surface area contributed by atoms with Gasteiger partial charge in [0.2, 0.25) is 11.8 Å². The highest BCUT2D eigenvalue weighted by atomic mass is 16.4. The van der Waals surface area contributed by atoms with Crippen LogP contribution >= 0.6 is 0 Å². The molecule has 4 rings (SSSR count). The lowest BCUT2D eigenvalue weighted by atomic mass is 9.74. The molecule has 0 bridgehead atoms. The van der Waals surface area contributed by atoms with E-state index in [1.54, 1.807) is 4.90 Å². The maximum atomic E-state index is 13.5. The normalized spacial score (nSPS) is 20.0. The van der Waals surface area contributed by atoms with Gasteiger partial charge in [0.1, 0.15) is 6.54 Å². The lowest BCUT2D eigenvalue weighted by Gasteiger charge is -2.50. The predicted octanol–water partition coefficient (Wildman–Crippen LogP) is 1.59. The zero-order valence-corrected chi connectivity index (χ0v) is 18.3. The molecule has 2 heterocycles. The molecule has 0 aromatic heterocycles. The van der Waals surface area contributed by atoms with Crippen molar-refractivity contribution in [2.45, 2.75) is 31.3 Å². The number of amides is 2. The van der Waals surface area contributed by atoms with Crippen LogP contribution in [0.25, 0.3) is 11.1 Å². The molecule has 1 atom stereocenters. The Balaban J connectivity index is 1.59. The van der Waals surface area contributed by atoms with Gasteiger partial charge in [-0.15, -0.1) is 0 Å². The second-order valence-electron chi connectivity index (χ2n) is 8.65. The minimum Gasteiger partial charge on any atom is -0.480 e. The number of ketones is 1. The van der Waals surface area contributed by atoms with Crippen LogP contribution in [0.15, 0.2) is 54.6 Å². The third kappa shape index (κ3) is 4.80. The minimum atomic E-state index is -1.51. The van der Waals surface area contributed by atoms with Gasteiger partial charge in [-0.25, -0.2) is 0 Å². The van der Waals surface area contributed by atoms with Gasteiger partial charge < -0.3 is 20.6 Å². The molecule has 0 saturated carbocycles. The summed E-state index contributed by atoms with van der Waals surface area (Å²) in [5.74, 6) is -4.58. The van der Waals surface area contributed by atoms with E-state index >= 15 is 0 Å². The summed E-state index contributed by atoms with van der Waals surface area (Å²) in [6.45, 7) is 1.01. The van der Waals surface area contributed by atoms with Gasteiger partial charge in [0.25, 0.3) is 0 Å². The molecule has 2 amide bonds. The van der Waals surface area contributed by atoms with Crippen LogP contribution in [0.2, 0.25) is 0 Å². The molecule has 1 unspecified atom stereocenters. The molecular weight excluding hydrogens is 422 g/mol. The summed E-state index contributed by atoms with van der Waals surface area (Å²) in [6, 6.07) is 17.9. The number of Topliss-reactive ketones (excluding diaryl/α,β-unsaturated/α-hetero) is 1. The van der Waals surface area contributed by atoms with Gasteiger partial charge in [0, 0.05) is 13.0 Å². The fraction of sp³-hybridized carbons (Fsp3) is 0.360. The van der Waals surface area contributed by atoms with E-state index in [1.165, 1.54) is 0 Å². The Morgan fingerprint density at radius 2 is 1.64 bits per heavy atom. The number of benzene rings is 2. The highest BCUT2D eigenvalue weighted by molar-refractivity contribution is 6.20. The molecule has 2 fully saturated rings. The van der Waals surface area contributed by atoms with Gasteiger partial charge in [-0.2, -0.15) is 0 Å². The van der Waals surface area contributed by atoms with Crippen molar-refractivity contribution >= 4 is 23.6 Å². The molecule has 8 nitrogen and oxygen atoms in total. The fourth-order valence-electron chi connectivity index (χ4n) is 4.77. The first-order chi connectivity index (χ1) is 15.9.